The van der Waals surface area contributed by atoms with E-state index in [0.29, 0.717) is 58.4 Å². The second kappa shape index (κ2) is 14.3. The molecule has 1 atom stereocenters. The summed E-state index contributed by atoms with van der Waals surface area (Å²) in [5, 5.41) is 2.75. The molecule has 2 fully saturated rings. The zero-order chi connectivity index (χ0) is 34.9. The van der Waals surface area contributed by atoms with Gasteiger partial charge in [0.05, 0.1) is 34.2 Å². The fourth-order valence-corrected chi connectivity index (χ4v) is 7.59. The van der Waals surface area contributed by atoms with E-state index in [9.17, 15) is 27.6 Å². The van der Waals surface area contributed by atoms with Gasteiger partial charge in [-0.25, -0.2) is 9.78 Å². The van der Waals surface area contributed by atoms with Crippen molar-refractivity contribution in [2.75, 3.05) is 43.8 Å². The maximum absolute atomic E-state index is 14.0. The Morgan fingerprint density at radius 3 is 2.37 bits per heavy atom. The summed E-state index contributed by atoms with van der Waals surface area (Å²) in [7, 11) is 0. The summed E-state index contributed by atoms with van der Waals surface area (Å²) in [6.45, 7) is 4.20. The molecule has 0 spiro atoms. The first-order chi connectivity index (χ1) is 23.4. The second-order valence-corrected chi connectivity index (χ2v) is 13.7. The molecule has 3 aliphatic heterocycles. The Bertz CT molecular complexity index is 1700. The van der Waals surface area contributed by atoms with Gasteiger partial charge in [0.1, 0.15) is 0 Å². The predicted molar refractivity (Wildman–Crippen MR) is 180 cm³/mol. The highest BCUT2D eigenvalue weighted by Gasteiger charge is 2.37. The normalized spacial score (nSPS) is 18.6. The Balaban J connectivity index is 1.14. The molecule has 2 aromatic carbocycles. The number of hydrogen-bond acceptors (Lipinski definition) is 5. The summed E-state index contributed by atoms with van der Waals surface area (Å²) in [5.74, 6) is -1.41. The van der Waals surface area contributed by atoms with Crippen LogP contribution in [-0.4, -0.2) is 80.9 Å². The van der Waals surface area contributed by atoms with Crippen LogP contribution in [0.1, 0.15) is 60.5 Å². The zero-order valence-electron chi connectivity index (χ0n) is 27.4. The Morgan fingerprint density at radius 2 is 1.69 bits per heavy atom. The topological polar surface area (TPSA) is 117 Å². The number of anilines is 2. The molecule has 0 unspecified atom stereocenters. The summed E-state index contributed by atoms with van der Waals surface area (Å²) in [5.41, 5.74) is 7.01. The molecule has 6 rings (SSSR count). The Labute approximate surface area is 288 Å². The number of benzene rings is 2. The van der Waals surface area contributed by atoms with Crippen molar-refractivity contribution in [1.82, 2.24) is 24.3 Å². The molecule has 262 valence electrons. The SMILES string of the molecule is Cc1cn(C2CCN(C(=O)[C@H](CC(=O)N3CCC(N4CCc5ccccc5NC4=O)CC3)Cc3cc(Cl)c(N)c(C(F)(F)F)c3)CC2)cn1. The maximum atomic E-state index is 14.0. The summed E-state index contributed by atoms with van der Waals surface area (Å²) in [6, 6.07) is 9.97. The lowest BCUT2D eigenvalue weighted by Crippen LogP contribution is -2.50. The molecular formula is C35H41ClF3N7O3. The van der Waals surface area contributed by atoms with Gasteiger partial charge in [-0.2, -0.15) is 13.2 Å². The van der Waals surface area contributed by atoms with Crippen molar-refractivity contribution >= 4 is 40.8 Å². The van der Waals surface area contributed by atoms with Crippen LogP contribution < -0.4 is 11.1 Å². The van der Waals surface area contributed by atoms with E-state index in [-0.39, 0.29) is 53.4 Å². The minimum absolute atomic E-state index is 0.0471. The first-order valence-corrected chi connectivity index (χ1v) is 17.1. The highest BCUT2D eigenvalue weighted by Crippen LogP contribution is 2.39. The van der Waals surface area contributed by atoms with Gasteiger partial charge in [-0.1, -0.05) is 29.8 Å². The molecule has 14 heteroatoms. The summed E-state index contributed by atoms with van der Waals surface area (Å²) in [4.78, 5) is 50.4. The second-order valence-electron chi connectivity index (χ2n) is 13.3. The van der Waals surface area contributed by atoms with Crippen LogP contribution >= 0.6 is 11.6 Å². The lowest BCUT2D eigenvalue weighted by molar-refractivity contribution is -0.142. The van der Waals surface area contributed by atoms with Gasteiger partial charge in [0, 0.05) is 63.1 Å². The number of hydrogen-bond donors (Lipinski definition) is 2. The Morgan fingerprint density at radius 1 is 1.02 bits per heavy atom. The van der Waals surface area contributed by atoms with E-state index in [0.717, 1.165) is 29.4 Å². The number of piperidine rings is 2. The van der Waals surface area contributed by atoms with Crippen molar-refractivity contribution in [2.24, 2.45) is 5.92 Å². The predicted octanol–water partition coefficient (Wildman–Crippen LogP) is 5.94. The largest absolute Gasteiger partial charge is 0.418 e. The molecule has 1 aromatic heterocycles. The van der Waals surface area contributed by atoms with Crippen molar-refractivity contribution < 1.29 is 27.6 Å². The number of para-hydroxylation sites is 1. The van der Waals surface area contributed by atoms with Crippen LogP contribution in [0.25, 0.3) is 0 Å². The number of imidazole rings is 1. The number of amides is 4. The summed E-state index contributed by atoms with van der Waals surface area (Å²) in [6.07, 6.45) is 2.03. The van der Waals surface area contributed by atoms with Gasteiger partial charge >= 0.3 is 12.2 Å². The van der Waals surface area contributed by atoms with Crippen LogP contribution in [0.2, 0.25) is 5.02 Å². The van der Waals surface area contributed by atoms with Crippen molar-refractivity contribution in [3.05, 3.63) is 76.3 Å². The van der Waals surface area contributed by atoms with E-state index >= 15 is 0 Å². The molecule has 0 bridgehead atoms. The molecule has 0 radical (unpaired) electrons. The van der Waals surface area contributed by atoms with Crippen molar-refractivity contribution in [3.8, 4) is 0 Å². The van der Waals surface area contributed by atoms with Gasteiger partial charge in [-0.3, -0.25) is 9.59 Å². The first kappa shape index (κ1) is 34.6. The third-order valence-electron chi connectivity index (χ3n) is 10.1. The van der Waals surface area contributed by atoms with Crippen LogP contribution in [0, 0.1) is 12.8 Å². The fraction of sp³-hybridized carbons (Fsp3) is 0.486. The van der Waals surface area contributed by atoms with Gasteiger partial charge in [0.25, 0.3) is 0 Å². The van der Waals surface area contributed by atoms with E-state index in [4.69, 9.17) is 17.3 Å². The van der Waals surface area contributed by atoms with Crippen LogP contribution in [0.5, 0.6) is 0 Å². The van der Waals surface area contributed by atoms with E-state index in [1.165, 1.54) is 6.07 Å². The molecule has 3 aliphatic rings. The number of nitrogens with zero attached hydrogens (tertiary/aromatic N) is 5. The number of nitrogens with two attached hydrogens (primary N) is 1. The standard InChI is InChI=1S/C35H41ClF3N7O3/c1-22-20-45(21-41-22)26-7-13-44(14-8-26)33(48)25(16-23-17-28(35(37,38)39)32(40)29(36)18-23)19-31(47)43-11-9-27(10-12-43)46-15-6-24-4-2-3-5-30(24)42-34(46)49/h2-5,17-18,20-21,25-27H,6-16,19,40H2,1H3,(H,42,49)/t25-/m0/s1. The highest BCUT2D eigenvalue weighted by atomic mass is 35.5. The van der Waals surface area contributed by atoms with Crippen LogP contribution in [0.15, 0.2) is 48.9 Å². The number of carbonyl (C=O) groups is 3. The van der Waals surface area contributed by atoms with Crippen molar-refractivity contribution in [3.63, 3.8) is 0 Å². The Hall–Kier alpha value is -4.26. The maximum Gasteiger partial charge on any atom is 0.418 e. The third-order valence-corrected chi connectivity index (χ3v) is 10.4. The Kier molecular flexibility index (Phi) is 10.1. The van der Waals surface area contributed by atoms with Crippen molar-refractivity contribution in [1.29, 1.82) is 0 Å². The van der Waals surface area contributed by atoms with Crippen LogP contribution in [0.4, 0.5) is 29.3 Å². The quantitative estimate of drug-likeness (QED) is 0.296. The highest BCUT2D eigenvalue weighted by molar-refractivity contribution is 6.33. The van der Waals surface area contributed by atoms with Gasteiger partial charge in [-0.15, -0.1) is 0 Å². The number of alkyl halides is 3. The van der Waals surface area contributed by atoms with E-state index in [2.05, 4.69) is 10.3 Å². The molecular weight excluding hydrogens is 659 g/mol. The van der Waals surface area contributed by atoms with E-state index < -0.39 is 23.3 Å². The number of carbonyl (C=O) groups excluding carboxylic acids is 3. The van der Waals surface area contributed by atoms with Gasteiger partial charge in [-0.05, 0) is 74.8 Å². The number of halogens is 4. The average molecular weight is 700 g/mol. The lowest BCUT2D eigenvalue weighted by atomic mass is 9.91. The number of fused-ring (bicyclic) bond motifs is 1. The molecule has 49 heavy (non-hydrogen) atoms. The number of rotatable bonds is 7. The van der Waals surface area contributed by atoms with Crippen LogP contribution in [0.3, 0.4) is 0 Å². The number of aromatic nitrogens is 2. The van der Waals surface area contributed by atoms with Gasteiger partial charge < -0.3 is 30.3 Å². The monoisotopic (exact) mass is 699 g/mol. The molecule has 4 heterocycles. The van der Waals surface area contributed by atoms with E-state index in [1.54, 1.807) is 16.1 Å². The average Bonchev–Trinajstić information content (AvgIpc) is 3.44. The van der Waals surface area contributed by atoms with E-state index in [1.807, 2.05) is 46.9 Å². The number of nitrogens with one attached hydrogen (secondary N) is 1. The fourth-order valence-electron chi connectivity index (χ4n) is 7.35. The third kappa shape index (κ3) is 7.82. The minimum atomic E-state index is -4.73. The number of aryl methyl sites for hydroxylation is 1. The molecule has 10 nitrogen and oxygen atoms in total. The molecule has 0 saturated carbocycles. The van der Waals surface area contributed by atoms with Gasteiger partial charge in [0.2, 0.25) is 11.8 Å². The minimum Gasteiger partial charge on any atom is -0.397 e. The molecule has 2 saturated heterocycles. The zero-order valence-corrected chi connectivity index (χ0v) is 28.1. The van der Waals surface area contributed by atoms with Crippen LogP contribution in [-0.2, 0) is 28.6 Å². The number of likely N-dealkylation sites (tertiary alicyclic amines) is 2. The molecule has 0 aliphatic carbocycles. The summed E-state index contributed by atoms with van der Waals surface area (Å²) < 4.78 is 43.4. The molecule has 3 aromatic rings. The smallest absolute Gasteiger partial charge is 0.397 e. The number of urea groups is 1. The summed E-state index contributed by atoms with van der Waals surface area (Å²) >= 11 is 6.13. The molecule has 4 amide bonds. The number of nitrogen functional groups attached to an aromatic ring is 1. The molecule has 3 N–H and O–H groups in total. The van der Waals surface area contributed by atoms with Crippen molar-refractivity contribution in [2.45, 2.75) is 70.1 Å². The first-order valence-electron chi connectivity index (χ1n) is 16.7. The lowest BCUT2D eigenvalue weighted by Gasteiger charge is -2.39. The van der Waals surface area contributed by atoms with Gasteiger partial charge in [0.15, 0.2) is 0 Å².